The zero-order valence-corrected chi connectivity index (χ0v) is 13.3. The SMILES string of the molecule is COC(=O)[C@@H](N)Cc1cnc(C(C)C)n1Cc1ccccc1. The van der Waals surface area contributed by atoms with E-state index in [0.29, 0.717) is 12.3 Å². The Bertz CT molecular complexity index is 620. The Labute approximate surface area is 131 Å². The molecular weight excluding hydrogens is 278 g/mol. The van der Waals surface area contributed by atoms with E-state index >= 15 is 0 Å². The van der Waals surface area contributed by atoms with Gasteiger partial charge < -0.3 is 15.0 Å². The highest BCUT2D eigenvalue weighted by molar-refractivity contribution is 5.75. The number of aromatic nitrogens is 2. The lowest BCUT2D eigenvalue weighted by Crippen LogP contribution is -2.34. The van der Waals surface area contributed by atoms with Gasteiger partial charge in [0, 0.05) is 30.8 Å². The van der Waals surface area contributed by atoms with Crippen LogP contribution < -0.4 is 5.73 Å². The summed E-state index contributed by atoms with van der Waals surface area (Å²) in [5.41, 5.74) is 8.03. The van der Waals surface area contributed by atoms with E-state index in [2.05, 4.69) is 35.5 Å². The maximum absolute atomic E-state index is 11.5. The second kappa shape index (κ2) is 7.22. The molecule has 0 fully saturated rings. The molecule has 0 radical (unpaired) electrons. The lowest BCUT2D eigenvalue weighted by molar-refractivity contribution is -0.142. The Hall–Kier alpha value is -2.14. The predicted octanol–water partition coefficient (Wildman–Crippen LogP) is 2.10. The quantitative estimate of drug-likeness (QED) is 0.830. The van der Waals surface area contributed by atoms with Gasteiger partial charge in [-0.05, 0) is 5.56 Å². The van der Waals surface area contributed by atoms with Gasteiger partial charge in [0.2, 0.25) is 0 Å². The molecule has 0 saturated carbocycles. The molecular formula is C17H23N3O2. The van der Waals surface area contributed by atoms with Crippen LogP contribution in [0.1, 0.15) is 36.8 Å². The molecule has 1 aromatic carbocycles. The smallest absolute Gasteiger partial charge is 0.323 e. The first-order chi connectivity index (χ1) is 10.5. The molecule has 0 aliphatic carbocycles. The van der Waals surface area contributed by atoms with E-state index < -0.39 is 12.0 Å². The number of hydrogen-bond donors (Lipinski definition) is 1. The molecule has 22 heavy (non-hydrogen) atoms. The van der Waals surface area contributed by atoms with Crippen LogP contribution in [0.15, 0.2) is 36.5 Å². The minimum Gasteiger partial charge on any atom is -0.468 e. The molecule has 1 atom stereocenters. The van der Waals surface area contributed by atoms with Gasteiger partial charge in [-0.3, -0.25) is 4.79 Å². The zero-order chi connectivity index (χ0) is 16.1. The molecule has 1 aromatic heterocycles. The summed E-state index contributed by atoms with van der Waals surface area (Å²) in [5.74, 6) is 0.890. The first kappa shape index (κ1) is 16.2. The fraction of sp³-hybridized carbons (Fsp3) is 0.412. The van der Waals surface area contributed by atoms with Crippen molar-refractivity contribution in [2.24, 2.45) is 5.73 Å². The van der Waals surface area contributed by atoms with Crippen LogP contribution in [-0.4, -0.2) is 28.7 Å². The van der Waals surface area contributed by atoms with Crippen LogP contribution >= 0.6 is 0 Å². The maximum Gasteiger partial charge on any atom is 0.323 e. The third kappa shape index (κ3) is 3.74. The summed E-state index contributed by atoms with van der Waals surface area (Å²) < 4.78 is 6.84. The molecule has 1 heterocycles. The Morgan fingerprint density at radius 3 is 2.59 bits per heavy atom. The highest BCUT2D eigenvalue weighted by atomic mass is 16.5. The van der Waals surface area contributed by atoms with E-state index in [1.54, 1.807) is 6.20 Å². The van der Waals surface area contributed by atoms with Gasteiger partial charge >= 0.3 is 5.97 Å². The van der Waals surface area contributed by atoms with Crippen LogP contribution in [0, 0.1) is 0 Å². The molecule has 118 valence electrons. The highest BCUT2D eigenvalue weighted by Gasteiger charge is 2.19. The minimum atomic E-state index is -0.670. The molecule has 2 aromatic rings. The van der Waals surface area contributed by atoms with Gasteiger partial charge in [0.05, 0.1) is 7.11 Å². The standard InChI is InChI=1S/C17H23N3O2/c1-12(2)16-19-10-14(9-15(18)17(21)22-3)20(16)11-13-7-5-4-6-8-13/h4-8,10,12,15H,9,11,18H2,1-3H3/t15-/m0/s1. The number of esters is 1. The fourth-order valence-corrected chi connectivity index (χ4v) is 2.46. The number of rotatable bonds is 6. The number of methoxy groups -OCH3 is 1. The molecule has 2 rings (SSSR count). The summed E-state index contributed by atoms with van der Waals surface area (Å²) in [5, 5.41) is 0. The van der Waals surface area contributed by atoms with E-state index in [0.717, 1.165) is 18.1 Å². The van der Waals surface area contributed by atoms with Crippen molar-refractivity contribution in [1.29, 1.82) is 0 Å². The number of imidazole rings is 1. The van der Waals surface area contributed by atoms with Gasteiger partial charge in [-0.2, -0.15) is 0 Å². The molecule has 0 saturated heterocycles. The molecule has 0 aliphatic heterocycles. The molecule has 0 aliphatic rings. The molecule has 2 N–H and O–H groups in total. The molecule has 0 spiro atoms. The summed E-state index contributed by atoms with van der Waals surface area (Å²) in [6, 6.07) is 9.51. The van der Waals surface area contributed by atoms with Gasteiger partial charge in [-0.25, -0.2) is 4.98 Å². The highest BCUT2D eigenvalue weighted by Crippen LogP contribution is 2.18. The summed E-state index contributed by atoms with van der Waals surface area (Å²) in [7, 11) is 1.35. The normalized spacial score (nSPS) is 12.4. The molecule has 0 bridgehead atoms. The number of carbonyl (C=O) groups is 1. The third-order valence-electron chi connectivity index (χ3n) is 3.60. The second-order valence-corrected chi connectivity index (χ2v) is 5.67. The first-order valence-electron chi connectivity index (χ1n) is 7.44. The average molecular weight is 301 g/mol. The Balaban J connectivity index is 2.28. The van der Waals surface area contributed by atoms with Crippen LogP contribution in [0.25, 0.3) is 0 Å². The Morgan fingerprint density at radius 2 is 2.00 bits per heavy atom. The lowest BCUT2D eigenvalue weighted by atomic mass is 10.1. The number of hydrogen-bond acceptors (Lipinski definition) is 4. The van der Waals surface area contributed by atoms with Crippen LogP contribution in [0.4, 0.5) is 0 Å². The number of benzene rings is 1. The number of nitrogens with two attached hydrogens (primary N) is 1. The van der Waals surface area contributed by atoms with E-state index in [4.69, 9.17) is 10.5 Å². The summed E-state index contributed by atoms with van der Waals surface area (Å²) in [4.78, 5) is 16.1. The van der Waals surface area contributed by atoms with Gasteiger partial charge in [-0.15, -0.1) is 0 Å². The van der Waals surface area contributed by atoms with Crippen molar-refractivity contribution in [3.05, 3.63) is 53.6 Å². The van der Waals surface area contributed by atoms with Crippen molar-refractivity contribution in [3.8, 4) is 0 Å². The second-order valence-electron chi connectivity index (χ2n) is 5.67. The Kier molecular flexibility index (Phi) is 5.33. The molecule has 5 nitrogen and oxygen atoms in total. The van der Waals surface area contributed by atoms with Crippen molar-refractivity contribution in [2.45, 2.75) is 38.8 Å². The minimum absolute atomic E-state index is 0.298. The largest absolute Gasteiger partial charge is 0.468 e. The van der Waals surface area contributed by atoms with Crippen molar-refractivity contribution >= 4 is 5.97 Å². The van der Waals surface area contributed by atoms with Crippen LogP contribution in [0.2, 0.25) is 0 Å². The number of nitrogens with zero attached hydrogens (tertiary/aromatic N) is 2. The predicted molar refractivity (Wildman–Crippen MR) is 85.6 cm³/mol. The van der Waals surface area contributed by atoms with Gasteiger partial charge in [0.25, 0.3) is 0 Å². The first-order valence-corrected chi connectivity index (χ1v) is 7.44. The number of ether oxygens (including phenoxy) is 1. The summed E-state index contributed by atoms with van der Waals surface area (Å²) >= 11 is 0. The third-order valence-corrected chi connectivity index (χ3v) is 3.60. The van der Waals surface area contributed by atoms with Gasteiger partial charge in [0.15, 0.2) is 0 Å². The number of carbonyl (C=O) groups excluding carboxylic acids is 1. The van der Waals surface area contributed by atoms with Crippen molar-refractivity contribution in [3.63, 3.8) is 0 Å². The van der Waals surface area contributed by atoms with E-state index in [9.17, 15) is 4.79 Å². The van der Waals surface area contributed by atoms with Gasteiger partial charge in [-0.1, -0.05) is 44.2 Å². The maximum atomic E-state index is 11.5. The molecule has 5 heteroatoms. The summed E-state index contributed by atoms with van der Waals surface area (Å²) in [6.07, 6.45) is 2.22. The fourth-order valence-electron chi connectivity index (χ4n) is 2.46. The lowest BCUT2D eigenvalue weighted by Gasteiger charge is -2.16. The van der Waals surface area contributed by atoms with Crippen LogP contribution in [0.3, 0.4) is 0 Å². The summed E-state index contributed by atoms with van der Waals surface area (Å²) in [6.45, 7) is 4.93. The van der Waals surface area contributed by atoms with Crippen molar-refractivity contribution < 1.29 is 9.53 Å². The zero-order valence-electron chi connectivity index (χ0n) is 13.3. The molecule has 0 amide bonds. The van der Waals surface area contributed by atoms with E-state index in [1.807, 2.05) is 18.2 Å². The van der Waals surface area contributed by atoms with Crippen molar-refractivity contribution in [1.82, 2.24) is 9.55 Å². The average Bonchev–Trinajstić information content (AvgIpc) is 2.90. The van der Waals surface area contributed by atoms with Gasteiger partial charge in [0.1, 0.15) is 11.9 Å². The van der Waals surface area contributed by atoms with Crippen LogP contribution in [0.5, 0.6) is 0 Å². The Morgan fingerprint density at radius 1 is 1.32 bits per heavy atom. The van der Waals surface area contributed by atoms with E-state index in [-0.39, 0.29) is 0 Å². The van der Waals surface area contributed by atoms with Crippen molar-refractivity contribution in [2.75, 3.05) is 7.11 Å². The van der Waals surface area contributed by atoms with Crippen LogP contribution in [-0.2, 0) is 22.5 Å². The molecule has 0 unspecified atom stereocenters. The topological polar surface area (TPSA) is 70.1 Å². The monoisotopic (exact) mass is 301 g/mol. The van der Waals surface area contributed by atoms with E-state index in [1.165, 1.54) is 12.7 Å².